The van der Waals surface area contributed by atoms with Crippen LogP contribution in [0.1, 0.15) is 45.3 Å². The summed E-state index contributed by atoms with van der Waals surface area (Å²) in [5, 5.41) is 7.94. The van der Waals surface area contributed by atoms with Crippen molar-refractivity contribution in [1.82, 2.24) is 15.1 Å². The summed E-state index contributed by atoms with van der Waals surface area (Å²) in [6.07, 6.45) is 5.45. The largest absolute Gasteiger partial charge is 0.316 e. The molecule has 0 spiro atoms. The molecule has 0 aliphatic heterocycles. The number of nitrogens with zero attached hydrogens (tertiary/aromatic N) is 2. The van der Waals surface area contributed by atoms with Gasteiger partial charge >= 0.3 is 0 Å². The zero-order chi connectivity index (χ0) is 11.1. The van der Waals surface area contributed by atoms with Gasteiger partial charge in [0.1, 0.15) is 0 Å². The predicted molar refractivity (Wildman–Crippen MR) is 64.1 cm³/mol. The lowest BCUT2D eigenvalue weighted by molar-refractivity contribution is 0.473. The van der Waals surface area contributed by atoms with Crippen molar-refractivity contribution in [3.8, 4) is 0 Å². The van der Waals surface area contributed by atoms with Crippen molar-refractivity contribution in [2.24, 2.45) is 0 Å². The first kappa shape index (κ1) is 12.2. The van der Waals surface area contributed by atoms with Crippen molar-refractivity contribution in [3.63, 3.8) is 0 Å². The van der Waals surface area contributed by atoms with E-state index in [1.807, 2.05) is 0 Å². The van der Waals surface area contributed by atoms with E-state index in [2.05, 4.69) is 48.1 Å². The monoisotopic (exact) mass is 209 g/mol. The first-order chi connectivity index (χ1) is 7.27. The van der Waals surface area contributed by atoms with Gasteiger partial charge in [0.05, 0.1) is 5.69 Å². The van der Waals surface area contributed by atoms with Crippen LogP contribution in [0.2, 0.25) is 0 Å². The van der Waals surface area contributed by atoms with E-state index in [1.165, 1.54) is 12.1 Å². The zero-order valence-corrected chi connectivity index (χ0v) is 10.2. The van der Waals surface area contributed by atoms with Gasteiger partial charge in [0.25, 0.3) is 0 Å². The first-order valence-electron chi connectivity index (χ1n) is 6.02. The Labute approximate surface area is 92.9 Å². The maximum atomic E-state index is 4.56. The lowest BCUT2D eigenvalue weighted by atomic mass is 10.3. The van der Waals surface area contributed by atoms with E-state index in [0.717, 1.165) is 25.9 Å². The van der Waals surface area contributed by atoms with Crippen LogP contribution in [0, 0.1) is 0 Å². The third-order valence-electron chi connectivity index (χ3n) is 2.69. The Hall–Kier alpha value is -0.830. The summed E-state index contributed by atoms with van der Waals surface area (Å²) in [4.78, 5) is 0. The normalized spacial score (nSPS) is 13.0. The summed E-state index contributed by atoms with van der Waals surface area (Å²) >= 11 is 0. The van der Waals surface area contributed by atoms with E-state index in [0.29, 0.717) is 6.04 Å². The first-order valence-corrected chi connectivity index (χ1v) is 6.02. The second kappa shape index (κ2) is 6.62. The molecule has 0 aliphatic rings. The van der Waals surface area contributed by atoms with E-state index >= 15 is 0 Å². The maximum Gasteiger partial charge on any atom is 0.0637 e. The van der Waals surface area contributed by atoms with Gasteiger partial charge < -0.3 is 5.32 Å². The van der Waals surface area contributed by atoms with Crippen molar-refractivity contribution in [3.05, 3.63) is 18.0 Å². The van der Waals surface area contributed by atoms with Crippen LogP contribution < -0.4 is 5.32 Å². The fourth-order valence-corrected chi connectivity index (χ4v) is 1.46. The highest BCUT2D eigenvalue weighted by Gasteiger charge is 2.03. The van der Waals surface area contributed by atoms with Crippen molar-refractivity contribution >= 4 is 0 Å². The number of nitrogens with one attached hydrogen (secondary N) is 1. The van der Waals surface area contributed by atoms with Crippen LogP contribution >= 0.6 is 0 Å². The molecule has 0 amide bonds. The summed E-state index contributed by atoms with van der Waals surface area (Å²) in [5.41, 5.74) is 1.19. The molecule has 3 heteroatoms. The molecular formula is C12H23N3. The number of hydrogen-bond acceptors (Lipinski definition) is 2. The molecule has 1 aromatic rings. The SMILES string of the molecule is CCCNCCc1ccn(C(C)CC)n1. The van der Waals surface area contributed by atoms with Crippen LogP contribution in [0.25, 0.3) is 0 Å². The topological polar surface area (TPSA) is 29.9 Å². The second-order valence-corrected chi connectivity index (χ2v) is 4.04. The summed E-state index contributed by atoms with van der Waals surface area (Å²) in [6.45, 7) is 8.71. The van der Waals surface area contributed by atoms with E-state index in [9.17, 15) is 0 Å². The third kappa shape index (κ3) is 4.04. The Morgan fingerprint density at radius 1 is 1.40 bits per heavy atom. The molecule has 1 N–H and O–H groups in total. The summed E-state index contributed by atoms with van der Waals surface area (Å²) in [6, 6.07) is 2.64. The molecule has 0 aliphatic carbocycles. The number of hydrogen-bond donors (Lipinski definition) is 1. The van der Waals surface area contributed by atoms with Crippen molar-refractivity contribution < 1.29 is 0 Å². The van der Waals surface area contributed by atoms with Crippen LogP contribution in [0.3, 0.4) is 0 Å². The zero-order valence-electron chi connectivity index (χ0n) is 10.2. The van der Waals surface area contributed by atoms with Gasteiger partial charge in [-0.3, -0.25) is 4.68 Å². The Morgan fingerprint density at radius 2 is 2.20 bits per heavy atom. The molecule has 1 aromatic heterocycles. The molecule has 0 fully saturated rings. The molecular weight excluding hydrogens is 186 g/mol. The predicted octanol–water partition coefficient (Wildman–Crippen LogP) is 2.40. The van der Waals surface area contributed by atoms with Gasteiger partial charge in [0.2, 0.25) is 0 Å². The van der Waals surface area contributed by atoms with Crippen LogP contribution in [0.5, 0.6) is 0 Å². The van der Waals surface area contributed by atoms with Crippen LogP contribution in [-0.2, 0) is 6.42 Å². The highest BCUT2D eigenvalue weighted by Crippen LogP contribution is 2.09. The fraction of sp³-hybridized carbons (Fsp3) is 0.750. The number of aromatic nitrogens is 2. The molecule has 3 nitrogen and oxygen atoms in total. The summed E-state index contributed by atoms with van der Waals surface area (Å²) < 4.78 is 2.06. The average molecular weight is 209 g/mol. The lowest BCUT2D eigenvalue weighted by Crippen LogP contribution is -2.18. The molecule has 1 heterocycles. The third-order valence-corrected chi connectivity index (χ3v) is 2.69. The standard InChI is InChI=1S/C12H23N3/c1-4-8-13-9-6-12-7-10-15(14-12)11(3)5-2/h7,10-11,13H,4-6,8-9H2,1-3H3. The Morgan fingerprint density at radius 3 is 2.87 bits per heavy atom. The van der Waals surface area contributed by atoms with Crippen LogP contribution in [0.15, 0.2) is 12.3 Å². The Bertz CT molecular complexity index is 268. The second-order valence-electron chi connectivity index (χ2n) is 4.04. The minimum atomic E-state index is 0.516. The maximum absolute atomic E-state index is 4.56. The van der Waals surface area contributed by atoms with Gasteiger partial charge in [-0.1, -0.05) is 13.8 Å². The van der Waals surface area contributed by atoms with Crippen LogP contribution in [-0.4, -0.2) is 22.9 Å². The molecule has 86 valence electrons. The van der Waals surface area contributed by atoms with E-state index < -0.39 is 0 Å². The minimum Gasteiger partial charge on any atom is -0.316 e. The van der Waals surface area contributed by atoms with Crippen molar-refractivity contribution in [2.45, 2.75) is 46.1 Å². The molecule has 1 unspecified atom stereocenters. The average Bonchev–Trinajstić information content (AvgIpc) is 2.72. The molecule has 1 atom stereocenters. The fourth-order valence-electron chi connectivity index (χ4n) is 1.46. The highest BCUT2D eigenvalue weighted by atomic mass is 15.3. The lowest BCUT2D eigenvalue weighted by Gasteiger charge is -2.08. The number of rotatable bonds is 7. The van der Waals surface area contributed by atoms with Crippen molar-refractivity contribution in [1.29, 1.82) is 0 Å². The van der Waals surface area contributed by atoms with Gasteiger partial charge in [0, 0.05) is 25.2 Å². The Balaban J connectivity index is 2.33. The summed E-state index contributed by atoms with van der Waals surface area (Å²) in [5.74, 6) is 0. The molecule has 0 saturated heterocycles. The smallest absolute Gasteiger partial charge is 0.0637 e. The molecule has 0 radical (unpaired) electrons. The molecule has 15 heavy (non-hydrogen) atoms. The molecule has 0 aromatic carbocycles. The minimum absolute atomic E-state index is 0.516. The molecule has 0 bridgehead atoms. The van der Waals surface area contributed by atoms with Crippen molar-refractivity contribution in [2.75, 3.05) is 13.1 Å². The highest BCUT2D eigenvalue weighted by molar-refractivity contribution is 5.00. The van der Waals surface area contributed by atoms with Gasteiger partial charge in [-0.05, 0) is 32.4 Å². The Kier molecular flexibility index (Phi) is 5.40. The van der Waals surface area contributed by atoms with E-state index in [1.54, 1.807) is 0 Å². The van der Waals surface area contributed by atoms with E-state index in [4.69, 9.17) is 0 Å². The molecule has 1 rings (SSSR count). The van der Waals surface area contributed by atoms with E-state index in [-0.39, 0.29) is 0 Å². The van der Waals surface area contributed by atoms with Gasteiger partial charge in [-0.15, -0.1) is 0 Å². The van der Waals surface area contributed by atoms with Crippen LogP contribution in [0.4, 0.5) is 0 Å². The summed E-state index contributed by atoms with van der Waals surface area (Å²) in [7, 11) is 0. The molecule has 0 saturated carbocycles. The van der Waals surface area contributed by atoms with Gasteiger partial charge in [-0.2, -0.15) is 5.10 Å². The van der Waals surface area contributed by atoms with Gasteiger partial charge in [-0.25, -0.2) is 0 Å². The quantitative estimate of drug-likeness (QED) is 0.699. The van der Waals surface area contributed by atoms with Gasteiger partial charge in [0.15, 0.2) is 0 Å².